The van der Waals surface area contributed by atoms with Gasteiger partial charge in [-0.3, -0.25) is 4.89 Å². The van der Waals surface area contributed by atoms with Crippen LogP contribution in [-0.2, 0) is 38.3 Å². The minimum absolute atomic E-state index is 0.166. The second-order valence-electron chi connectivity index (χ2n) is 8.00. The maximum absolute atomic E-state index is 13.4. The molecule has 0 amide bonds. The van der Waals surface area contributed by atoms with Crippen LogP contribution in [0.15, 0.2) is 0 Å². The van der Waals surface area contributed by atoms with Crippen molar-refractivity contribution in [3.8, 4) is 0 Å². The zero-order chi connectivity index (χ0) is 25.7. The van der Waals surface area contributed by atoms with Crippen molar-refractivity contribution in [2.75, 3.05) is 39.6 Å². The summed E-state index contributed by atoms with van der Waals surface area (Å²) in [6.45, 7) is 14.5. The number of rotatable bonds is 24. The van der Waals surface area contributed by atoms with Crippen molar-refractivity contribution in [1.29, 1.82) is 0 Å². The standard InChI is InChI=1S/C26H52O8/c1-8-15-16-17-18-19-20-21-22-23(28-9-2)25(29-10-3,30-11-4)26(31-12-5,32-13-6)24(27)34-33-14-7/h23H,8-22H2,1-7H3. The molecule has 34 heavy (non-hydrogen) atoms. The van der Waals surface area contributed by atoms with Crippen molar-refractivity contribution in [3.05, 3.63) is 0 Å². The van der Waals surface area contributed by atoms with Crippen LogP contribution in [0.4, 0.5) is 0 Å². The predicted octanol–water partition coefficient (Wildman–Crippen LogP) is 5.96. The van der Waals surface area contributed by atoms with Gasteiger partial charge in [0, 0.05) is 33.0 Å². The van der Waals surface area contributed by atoms with Crippen LogP contribution in [0, 0.1) is 0 Å². The van der Waals surface area contributed by atoms with E-state index in [2.05, 4.69) is 6.92 Å². The number of ether oxygens (including phenoxy) is 5. The minimum atomic E-state index is -2.02. The molecule has 0 aromatic carbocycles. The Hall–Kier alpha value is -0.770. The molecule has 0 bridgehead atoms. The lowest BCUT2D eigenvalue weighted by atomic mass is 9.93. The highest BCUT2D eigenvalue weighted by atomic mass is 17.2. The maximum atomic E-state index is 13.4. The van der Waals surface area contributed by atoms with Gasteiger partial charge in [-0.1, -0.05) is 58.3 Å². The Morgan fingerprint density at radius 2 is 1.12 bits per heavy atom. The molecule has 0 N–H and O–H groups in total. The van der Waals surface area contributed by atoms with Crippen LogP contribution in [0.5, 0.6) is 0 Å². The number of carbonyl (C=O) groups excluding carboxylic acids is 1. The Morgan fingerprint density at radius 1 is 0.618 bits per heavy atom. The number of hydrogen-bond acceptors (Lipinski definition) is 8. The van der Waals surface area contributed by atoms with Crippen LogP contribution in [0.25, 0.3) is 0 Å². The molecule has 8 heteroatoms. The molecular weight excluding hydrogens is 440 g/mol. The largest absolute Gasteiger partial charge is 0.407 e. The Morgan fingerprint density at radius 3 is 1.56 bits per heavy atom. The molecule has 8 nitrogen and oxygen atoms in total. The van der Waals surface area contributed by atoms with E-state index in [1.807, 2.05) is 20.8 Å². The van der Waals surface area contributed by atoms with Gasteiger partial charge in [-0.05, 0) is 48.0 Å². The van der Waals surface area contributed by atoms with Crippen LogP contribution < -0.4 is 0 Å². The third kappa shape index (κ3) is 10.1. The van der Waals surface area contributed by atoms with Gasteiger partial charge < -0.3 is 23.7 Å². The molecule has 0 aromatic rings. The summed E-state index contributed by atoms with van der Waals surface area (Å²) in [6.07, 6.45) is 9.45. The molecule has 1 unspecified atom stereocenters. The summed E-state index contributed by atoms with van der Waals surface area (Å²) >= 11 is 0. The van der Waals surface area contributed by atoms with E-state index < -0.39 is 23.6 Å². The van der Waals surface area contributed by atoms with E-state index in [0.717, 1.165) is 19.3 Å². The first-order valence-corrected chi connectivity index (χ1v) is 13.5. The number of carbonyl (C=O) groups is 1. The molecule has 0 fully saturated rings. The summed E-state index contributed by atoms with van der Waals surface area (Å²) in [5.74, 6) is -4.55. The molecule has 0 spiro atoms. The van der Waals surface area contributed by atoms with Crippen LogP contribution in [0.1, 0.15) is 106 Å². The quantitative estimate of drug-likeness (QED) is 0.0707. The second-order valence-corrected chi connectivity index (χ2v) is 8.00. The number of unbranched alkanes of at least 4 members (excludes halogenated alkanes) is 7. The molecule has 0 aliphatic rings. The molecular formula is C26H52O8. The van der Waals surface area contributed by atoms with Gasteiger partial charge in [0.1, 0.15) is 6.10 Å². The molecule has 0 heterocycles. The first kappa shape index (κ1) is 33.2. The average Bonchev–Trinajstić information content (AvgIpc) is 2.83. The minimum Gasteiger partial charge on any atom is -0.373 e. The summed E-state index contributed by atoms with van der Waals surface area (Å²) in [5.41, 5.74) is 0. The Kier molecular flexibility index (Phi) is 20.0. The van der Waals surface area contributed by atoms with Crippen LogP contribution in [0.3, 0.4) is 0 Å². The molecule has 0 rings (SSSR count). The number of hydrogen-bond donors (Lipinski definition) is 0. The highest BCUT2D eigenvalue weighted by Gasteiger charge is 2.68. The summed E-state index contributed by atoms with van der Waals surface area (Å²) in [5, 5.41) is 0. The highest BCUT2D eigenvalue weighted by molar-refractivity contribution is 5.79. The van der Waals surface area contributed by atoms with Crippen molar-refractivity contribution in [3.63, 3.8) is 0 Å². The lowest BCUT2D eigenvalue weighted by molar-refractivity contribution is -0.430. The van der Waals surface area contributed by atoms with Gasteiger partial charge in [0.2, 0.25) is 0 Å². The molecule has 0 aliphatic heterocycles. The van der Waals surface area contributed by atoms with Gasteiger partial charge in [0.15, 0.2) is 0 Å². The molecule has 0 saturated carbocycles. The van der Waals surface area contributed by atoms with E-state index >= 15 is 0 Å². The van der Waals surface area contributed by atoms with Crippen molar-refractivity contribution < 1.29 is 38.3 Å². The fraction of sp³-hybridized carbons (Fsp3) is 0.962. The smallest absolute Gasteiger partial charge is 0.373 e. The van der Waals surface area contributed by atoms with Gasteiger partial charge in [-0.2, -0.15) is 4.89 Å². The molecule has 0 saturated heterocycles. The van der Waals surface area contributed by atoms with E-state index in [-0.39, 0.29) is 33.0 Å². The van der Waals surface area contributed by atoms with E-state index in [1.165, 1.54) is 32.1 Å². The van der Waals surface area contributed by atoms with Crippen molar-refractivity contribution >= 4 is 5.97 Å². The molecule has 1 atom stereocenters. The lowest BCUT2D eigenvalue weighted by Gasteiger charge is -2.48. The Bertz CT molecular complexity index is 473. The monoisotopic (exact) mass is 492 g/mol. The maximum Gasteiger partial charge on any atom is 0.407 e. The van der Waals surface area contributed by atoms with E-state index in [1.54, 1.807) is 20.8 Å². The second kappa shape index (κ2) is 20.4. The van der Waals surface area contributed by atoms with E-state index in [9.17, 15) is 4.79 Å². The van der Waals surface area contributed by atoms with Gasteiger partial charge in [0.05, 0.1) is 6.61 Å². The zero-order valence-corrected chi connectivity index (χ0v) is 22.9. The van der Waals surface area contributed by atoms with Crippen LogP contribution in [0.2, 0.25) is 0 Å². The van der Waals surface area contributed by atoms with Crippen molar-refractivity contribution in [2.24, 2.45) is 0 Å². The molecule has 0 aliphatic carbocycles. The molecule has 0 radical (unpaired) electrons. The van der Waals surface area contributed by atoms with Crippen LogP contribution >= 0.6 is 0 Å². The molecule has 0 aromatic heterocycles. The fourth-order valence-electron chi connectivity index (χ4n) is 4.18. The third-order valence-electron chi connectivity index (χ3n) is 5.50. The molecule has 204 valence electrons. The summed E-state index contributed by atoms with van der Waals surface area (Å²) in [4.78, 5) is 23.4. The summed E-state index contributed by atoms with van der Waals surface area (Å²) < 4.78 is 30.6. The Balaban J connectivity index is 5.97. The average molecular weight is 493 g/mol. The van der Waals surface area contributed by atoms with Crippen LogP contribution in [-0.4, -0.2) is 63.3 Å². The zero-order valence-electron chi connectivity index (χ0n) is 22.9. The van der Waals surface area contributed by atoms with E-state index in [4.69, 9.17) is 33.5 Å². The summed E-state index contributed by atoms with van der Waals surface area (Å²) in [7, 11) is 0. The van der Waals surface area contributed by atoms with Gasteiger partial charge in [-0.25, -0.2) is 4.79 Å². The first-order chi connectivity index (χ1) is 16.5. The Labute approximate surface area is 208 Å². The highest BCUT2D eigenvalue weighted by Crippen LogP contribution is 2.41. The van der Waals surface area contributed by atoms with Crippen molar-refractivity contribution in [1.82, 2.24) is 0 Å². The fourth-order valence-corrected chi connectivity index (χ4v) is 4.18. The topological polar surface area (TPSA) is 81.7 Å². The third-order valence-corrected chi connectivity index (χ3v) is 5.50. The van der Waals surface area contributed by atoms with Crippen molar-refractivity contribution in [2.45, 2.75) is 124 Å². The van der Waals surface area contributed by atoms with Gasteiger partial charge in [-0.15, -0.1) is 0 Å². The first-order valence-electron chi connectivity index (χ1n) is 13.5. The normalized spacial score (nSPS) is 13.3. The van der Waals surface area contributed by atoms with Gasteiger partial charge in [0.25, 0.3) is 5.79 Å². The van der Waals surface area contributed by atoms with Gasteiger partial charge >= 0.3 is 11.8 Å². The predicted molar refractivity (Wildman–Crippen MR) is 132 cm³/mol. The van der Waals surface area contributed by atoms with E-state index in [0.29, 0.717) is 13.0 Å². The summed E-state index contributed by atoms with van der Waals surface area (Å²) in [6, 6.07) is 0. The lowest BCUT2D eigenvalue weighted by Crippen LogP contribution is -2.71. The SMILES string of the molecule is CCCCCCCCCCC(OCC)C(OCC)(OCC)C(OCC)(OCC)C(=O)OOCC.